The molecule has 4 heteroatoms. The molecular formula is C21H23ClN2O. The Balaban J connectivity index is 1.43. The lowest BCUT2D eigenvalue weighted by molar-refractivity contribution is -0.132. The Morgan fingerprint density at radius 1 is 1.00 bits per heavy atom. The van der Waals surface area contributed by atoms with E-state index in [2.05, 4.69) is 29.2 Å². The van der Waals surface area contributed by atoms with Crippen molar-refractivity contribution in [2.24, 2.45) is 0 Å². The summed E-state index contributed by atoms with van der Waals surface area (Å²) in [7, 11) is 0. The van der Waals surface area contributed by atoms with E-state index in [9.17, 15) is 4.79 Å². The van der Waals surface area contributed by atoms with E-state index in [4.69, 9.17) is 11.6 Å². The van der Waals surface area contributed by atoms with E-state index in [1.54, 1.807) is 0 Å². The van der Waals surface area contributed by atoms with Gasteiger partial charge in [-0.3, -0.25) is 9.69 Å². The van der Waals surface area contributed by atoms with Crippen LogP contribution in [-0.4, -0.2) is 48.4 Å². The molecule has 0 saturated carbocycles. The molecule has 0 aliphatic carbocycles. The van der Waals surface area contributed by atoms with Gasteiger partial charge in [0.1, 0.15) is 0 Å². The first-order chi connectivity index (χ1) is 12.2. The fourth-order valence-corrected chi connectivity index (χ4v) is 3.23. The summed E-state index contributed by atoms with van der Waals surface area (Å²) in [5.74, 6) is 0.182. The molecule has 130 valence electrons. The van der Waals surface area contributed by atoms with Crippen molar-refractivity contribution < 1.29 is 4.79 Å². The van der Waals surface area contributed by atoms with Crippen molar-refractivity contribution in [1.82, 2.24) is 9.80 Å². The van der Waals surface area contributed by atoms with Gasteiger partial charge in [0.05, 0.1) is 6.42 Å². The van der Waals surface area contributed by atoms with Gasteiger partial charge >= 0.3 is 0 Å². The average Bonchev–Trinajstić information content (AvgIpc) is 2.63. The van der Waals surface area contributed by atoms with Crippen LogP contribution in [0.4, 0.5) is 0 Å². The van der Waals surface area contributed by atoms with Gasteiger partial charge < -0.3 is 4.90 Å². The largest absolute Gasteiger partial charge is 0.340 e. The third kappa shape index (κ3) is 5.45. The Hall–Kier alpha value is -2.10. The Kier molecular flexibility index (Phi) is 6.26. The summed E-state index contributed by atoms with van der Waals surface area (Å²) in [5, 5.41) is 0.681. The minimum atomic E-state index is 0.182. The fourth-order valence-electron chi connectivity index (χ4n) is 3.02. The van der Waals surface area contributed by atoms with E-state index < -0.39 is 0 Å². The van der Waals surface area contributed by atoms with Crippen LogP contribution in [0.3, 0.4) is 0 Å². The molecule has 0 unspecified atom stereocenters. The maximum atomic E-state index is 12.4. The number of rotatable bonds is 5. The van der Waals surface area contributed by atoms with Gasteiger partial charge in [-0.2, -0.15) is 0 Å². The monoisotopic (exact) mass is 354 g/mol. The highest BCUT2D eigenvalue weighted by Gasteiger charge is 2.20. The molecule has 1 amide bonds. The van der Waals surface area contributed by atoms with E-state index >= 15 is 0 Å². The normalized spacial score (nSPS) is 15.6. The molecule has 2 aromatic carbocycles. The Morgan fingerprint density at radius 3 is 2.48 bits per heavy atom. The van der Waals surface area contributed by atoms with Crippen molar-refractivity contribution in [3.8, 4) is 0 Å². The van der Waals surface area contributed by atoms with Crippen LogP contribution in [0, 0.1) is 0 Å². The molecule has 2 aromatic rings. The third-order valence-electron chi connectivity index (χ3n) is 4.44. The standard InChI is InChI=1S/C21H23ClN2O/c22-20-10-4-8-19(16-20)17-21(25)24-14-12-23(13-15-24)11-5-9-18-6-2-1-3-7-18/h1-10,16H,11-15,17H2/b9-5+. The van der Waals surface area contributed by atoms with Gasteiger partial charge in [-0.1, -0.05) is 66.2 Å². The molecule has 1 aliphatic heterocycles. The summed E-state index contributed by atoms with van der Waals surface area (Å²) >= 11 is 5.99. The number of halogens is 1. The van der Waals surface area contributed by atoms with Crippen LogP contribution >= 0.6 is 11.6 Å². The van der Waals surface area contributed by atoms with Gasteiger partial charge in [0, 0.05) is 37.7 Å². The minimum Gasteiger partial charge on any atom is -0.340 e. The van der Waals surface area contributed by atoms with E-state index in [0.29, 0.717) is 11.4 Å². The Labute approximate surface area is 154 Å². The summed E-state index contributed by atoms with van der Waals surface area (Å²) in [5.41, 5.74) is 2.20. The highest BCUT2D eigenvalue weighted by Crippen LogP contribution is 2.13. The zero-order valence-electron chi connectivity index (χ0n) is 14.3. The number of piperazine rings is 1. The molecule has 3 rings (SSSR count). The van der Waals surface area contributed by atoms with Crippen LogP contribution in [-0.2, 0) is 11.2 Å². The van der Waals surface area contributed by atoms with E-state index in [1.165, 1.54) is 5.56 Å². The molecule has 25 heavy (non-hydrogen) atoms. The smallest absolute Gasteiger partial charge is 0.227 e. The fraction of sp³-hybridized carbons (Fsp3) is 0.286. The predicted octanol–water partition coefficient (Wildman–Crippen LogP) is 3.74. The summed E-state index contributed by atoms with van der Waals surface area (Å²) in [6, 6.07) is 17.9. The van der Waals surface area contributed by atoms with Crippen LogP contribution in [0.15, 0.2) is 60.7 Å². The zero-order valence-corrected chi connectivity index (χ0v) is 15.0. The number of nitrogens with zero attached hydrogens (tertiary/aromatic N) is 2. The van der Waals surface area contributed by atoms with Crippen LogP contribution in [0.2, 0.25) is 5.02 Å². The number of hydrogen-bond donors (Lipinski definition) is 0. The van der Waals surface area contributed by atoms with Crippen LogP contribution in [0.5, 0.6) is 0 Å². The second-order valence-corrected chi connectivity index (χ2v) is 6.74. The lowest BCUT2D eigenvalue weighted by Crippen LogP contribution is -2.49. The molecular weight excluding hydrogens is 332 g/mol. The molecule has 0 spiro atoms. The second-order valence-electron chi connectivity index (χ2n) is 6.30. The first-order valence-electron chi connectivity index (χ1n) is 8.67. The van der Waals surface area contributed by atoms with Crippen molar-refractivity contribution >= 4 is 23.6 Å². The van der Waals surface area contributed by atoms with Gasteiger partial charge in [-0.05, 0) is 23.3 Å². The van der Waals surface area contributed by atoms with Gasteiger partial charge in [0.2, 0.25) is 5.91 Å². The van der Waals surface area contributed by atoms with Crippen LogP contribution in [0.1, 0.15) is 11.1 Å². The first-order valence-corrected chi connectivity index (χ1v) is 9.05. The number of benzene rings is 2. The average molecular weight is 355 g/mol. The van der Waals surface area contributed by atoms with Gasteiger partial charge in [-0.25, -0.2) is 0 Å². The molecule has 0 bridgehead atoms. The highest BCUT2D eigenvalue weighted by molar-refractivity contribution is 6.30. The van der Waals surface area contributed by atoms with Gasteiger partial charge in [0.25, 0.3) is 0 Å². The Morgan fingerprint density at radius 2 is 1.76 bits per heavy atom. The molecule has 1 heterocycles. The molecule has 0 atom stereocenters. The predicted molar refractivity (Wildman–Crippen MR) is 104 cm³/mol. The molecule has 0 radical (unpaired) electrons. The molecule has 0 N–H and O–H groups in total. The summed E-state index contributed by atoms with van der Waals surface area (Å²) in [4.78, 5) is 16.8. The van der Waals surface area contributed by atoms with Crippen LogP contribution in [0.25, 0.3) is 6.08 Å². The maximum Gasteiger partial charge on any atom is 0.227 e. The van der Waals surface area contributed by atoms with Crippen molar-refractivity contribution in [3.05, 3.63) is 76.8 Å². The number of carbonyl (C=O) groups excluding carboxylic acids is 1. The molecule has 3 nitrogen and oxygen atoms in total. The highest BCUT2D eigenvalue weighted by atomic mass is 35.5. The zero-order chi connectivity index (χ0) is 17.5. The van der Waals surface area contributed by atoms with Gasteiger partial charge in [0.15, 0.2) is 0 Å². The number of carbonyl (C=O) groups is 1. The van der Waals surface area contributed by atoms with Crippen molar-refractivity contribution in [2.45, 2.75) is 6.42 Å². The van der Waals surface area contributed by atoms with E-state index in [1.807, 2.05) is 47.4 Å². The number of hydrogen-bond acceptors (Lipinski definition) is 2. The van der Waals surface area contributed by atoms with E-state index in [-0.39, 0.29) is 5.91 Å². The first kappa shape index (κ1) is 17.7. The summed E-state index contributed by atoms with van der Waals surface area (Å²) < 4.78 is 0. The van der Waals surface area contributed by atoms with Crippen molar-refractivity contribution in [1.29, 1.82) is 0 Å². The Bertz CT molecular complexity index is 722. The molecule has 1 fully saturated rings. The quantitative estimate of drug-likeness (QED) is 0.816. The minimum absolute atomic E-state index is 0.182. The lowest BCUT2D eigenvalue weighted by atomic mass is 10.1. The van der Waals surface area contributed by atoms with Crippen molar-refractivity contribution in [3.63, 3.8) is 0 Å². The summed E-state index contributed by atoms with van der Waals surface area (Å²) in [6.45, 7) is 4.34. The summed E-state index contributed by atoms with van der Waals surface area (Å²) in [6.07, 6.45) is 4.77. The molecule has 0 aromatic heterocycles. The maximum absolute atomic E-state index is 12.4. The second kappa shape index (κ2) is 8.84. The topological polar surface area (TPSA) is 23.6 Å². The van der Waals surface area contributed by atoms with Crippen LogP contribution < -0.4 is 0 Å². The molecule has 1 aliphatic rings. The lowest BCUT2D eigenvalue weighted by Gasteiger charge is -2.34. The van der Waals surface area contributed by atoms with Crippen molar-refractivity contribution in [2.75, 3.05) is 32.7 Å². The number of amides is 1. The third-order valence-corrected chi connectivity index (χ3v) is 4.68. The van der Waals surface area contributed by atoms with Gasteiger partial charge in [-0.15, -0.1) is 0 Å². The molecule has 1 saturated heterocycles. The SMILES string of the molecule is O=C(Cc1cccc(Cl)c1)N1CCN(C/C=C/c2ccccc2)CC1. The van der Waals surface area contributed by atoms with E-state index in [0.717, 1.165) is 38.3 Å².